The van der Waals surface area contributed by atoms with E-state index in [2.05, 4.69) is 38.2 Å². The number of nitrogens with one attached hydrogen (secondary N) is 1. The van der Waals surface area contributed by atoms with Crippen LogP contribution < -0.4 is 11.1 Å². The molecular formula is C14H22N2. The molecule has 0 spiro atoms. The maximum absolute atomic E-state index is 5.88. The summed E-state index contributed by atoms with van der Waals surface area (Å²) in [5.74, 6) is 0. The van der Waals surface area contributed by atoms with Gasteiger partial charge in [0.15, 0.2) is 0 Å². The van der Waals surface area contributed by atoms with Crippen LogP contribution in [0.1, 0.15) is 41.1 Å². The molecule has 1 unspecified atom stereocenters. The molecule has 88 valence electrons. The lowest BCUT2D eigenvalue weighted by Crippen LogP contribution is -2.30. The molecule has 0 aliphatic heterocycles. The fraction of sp³-hybridized carbons (Fsp3) is 0.571. The number of hydrogen-bond donors (Lipinski definition) is 2. The maximum Gasteiger partial charge on any atom is 0.0449 e. The van der Waals surface area contributed by atoms with Crippen molar-refractivity contribution in [2.75, 3.05) is 6.54 Å². The maximum atomic E-state index is 5.88. The fourth-order valence-corrected chi connectivity index (χ4v) is 2.18. The second kappa shape index (κ2) is 4.56. The molecule has 0 radical (unpaired) electrons. The summed E-state index contributed by atoms with van der Waals surface area (Å²) in [6.07, 6.45) is 2.61. The Balaban J connectivity index is 2.25. The summed E-state index contributed by atoms with van der Waals surface area (Å²) >= 11 is 0. The third kappa shape index (κ3) is 2.45. The van der Waals surface area contributed by atoms with Crippen LogP contribution in [0.15, 0.2) is 12.1 Å². The first-order chi connectivity index (χ1) is 7.61. The van der Waals surface area contributed by atoms with E-state index in [0.29, 0.717) is 18.6 Å². The Labute approximate surface area is 98.2 Å². The Morgan fingerprint density at radius 3 is 2.38 bits per heavy atom. The van der Waals surface area contributed by atoms with Crippen LogP contribution in [0.4, 0.5) is 0 Å². The summed E-state index contributed by atoms with van der Waals surface area (Å²) in [5, 5.41) is 3.62. The van der Waals surface area contributed by atoms with Crippen LogP contribution in [0.2, 0.25) is 0 Å². The predicted octanol–water partition coefficient (Wildman–Crippen LogP) is 2.36. The van der Waals surface area contributed by atoms with Crippen molar-refractivity contribution in [3.63, 3.8) is 0 Å². The van der Waals surface area contributed by atoms with Gasteiger partial charge in [-0.05, 0) is 55.9 Å². The number of hydrogen-bond acceptors (Lipinski definition) is 2. The van der Waals surface area contributed by atoms with Crippen molar-refractivity contribution in [1.29, 1.82) is 0 Å². The summed E-state index contributed by atoms with van der Waals surface area (Å²) in [6, 6.07) is 5.58. The largest absolute Gasteiger partial charge is 0.329 e. The van der Waals surface area contributed by atoms with Gasteiger partial charge < -0.3 is 11.1 Å². The lowest BCUT2D eigenvalue weighted by Gasteiger charge is -2.20. The fourth-order valence-electron chi connectivity index (χ4n) is 2.18. The molecular weight excluding hydrogens is 196 g/mol. The van der Waals surface area contributed by atoms with Gasteiger partial charge >= 0.3 is 0 Å². The highest BCUT2D eigenvalue weighted by Crippen LogP contribution is 2.26. The Bertz CT molecular complexity index is 381. The van der Waals surface area contributed by atoms with Gasteiger partial charge in [0.25, 0.3) is 0 Å². The van der Waals surface area contributed by atoms with Crippen LogP contribution in [-0.2, 0) is 0 Å². The Hall–Kier alpha value is -0.860. The molecule has 1 aromatic carbocycles. The minimum Gasteiger partial charge on any atom is -0.329 e. The lowest BCUT2D eigenvalue weighted by atomic mass is 9.95. The van der Waals surface area contributed by atoms with Crippen LogP contribution in [0.3, 0.4) is 0 Å². The van der Waals surface area contributed by atoms with Crippen molar-refractivity contribution < 1.29 is 0 Å². The number of rotatable bonds is 4. The number of benzene rings is 1. The molecule has 0 amide bonds. The van der Waals surface area contributed by atoms with Gasteiger partial charge in [0.2, 0.25) is 0 Å². The zero-order chi connectivity index (χ0) is 11.7. The highest BCUT2D eigenvalue weighted by Gasteiger charge is 2.25. The van der Waals surface area contributed by atoms with Gasteiger partial charge in [0.1, 0.15) is 0 Å². The van der Waals surface area contributed by atoms with E-state index >= 15 is 0 Å². The van der Waals surface area contributed by atoms with Crippen molar-refractivity contribution in [1.82, 2.24) is 5.32 Å². The molecule has 16 heavy (non-hydrogen) atoms. The number of nitrogens with two attached hydrogens (primary N) is 1. The third-order valence-electron chi connectivity index (χ3n) is 3.51. The molecule has 0 heterocycles. The zero-order valence-corrected chi connectivity index (χ0v) is 10.5. The minimum atomic E-state index is 0.326. The summed E-state index contributed by atoms with van der Waals surface area (Å²) in [4.78, 5) is 0. The van der Waals surface area contributed by atoms with E-state index in [-0.39, 0.29) is 0 Å². The van der Waals surface area contributed by atoms with Crippen molar-refractivity contribution in [3.05, 3.63) is 34.4 Å². The SMILES string of the molecule is Cc1cc(C)c(C(CN)NC2CC2)cc1C. The van der Waals surface area contributed by atoms with Gasteiger partial charge in [-0.1, -0.05) is 12.1 Å². The van der Waals surface area contributed by atoms with Crippen LogP contribution in [-0.4, -0.2) is 12.6 Å². The molecule has 1 saturated carbocycles. The summed E-state index contributed by atoms with van der Waals surface area (Å²) in [6.45, 7) is 7.19. The highest BCUT2D eigenvalue weighted by atomic mass is 15.0. The average Bonchev–Trinajstić information content (AvgIpc) is 3.04. The lowest BCUT2D eigenvalue weighted by molar-refractivity contribution is 0.536. The van der Waals surface area contributed by atoms with E-state index in [1.807, 2.05) is 0 Å². The van der Waals surface area contributed by atoms with E-state index in [1.54, 1.807) is 0 Å². The summed E-state index contributed by atoms with van der Waals surface area (Å²) < 4.78 is 0. The molecule has 0 saturated heterocycles. The van der Waals surface area contributed by atoms with Gasteiger partial charge in [0.05, 0.1) is 0 Å². The topological polar surface area (TPSA) is 38.0 Å². The Kier molecular flexibility index (Phi) is 3.31. The molecule has 1 fully saturated rings. The quantitative estimate of drug-likeness (QED) is 0.814. The summed E-state index contributed by atoms with van der Waals surface area (Å²) in [5.41, 5.74) is 11.3. The standard InChI is InChI=1S/C14H22N2/c1-9-6-11(3)13(7-10(9)2)14(8-15)16-12-4-5-12/h6-7,12,14,16H,4-5,8,15H2,1-3H3. The van der Waals surface area contributed by atoms with Crippen molar-refractivity contribution in [2.24, 2.45) is 5.73 Å². The van der Waals surface area contributed by atoms with E-state index in [0.717, 1.165) is 0 Å². The molecule has 0 bridgehead atoms. The first kappa shape index (κ1) is 11.6. The first-order valence-corrected chi connectivity index (χ1v) is 6.15. The van der Waals surface area contributed by atoms with Crippen molar-refractivity contribution in [3.8, 4) is 0 Å². The monoisotopic (exact) mass is 218 g/mol. The smallest absolute Gasteiger partial charge is 0.0449 e. The molecule has 2 nitrogen and oxygen atoms in total. The molecule has 1 atom stereocenters. The number of aryl methyl sites for hydroxylation is 3. The first-order valence-electron chi connectivity index (χ1n) is 6.15. The molecule has 2 heteroatoms. The normalized spacial score (nSPS) is 17.5. The van der Waals surface area contributed by atoms with Gasteiger partial charge in [-0.2, -0.15) is 0 Å². The average molecular weight is 218 g/mol. The predicted molar refractivity (Wildman–Crippen MR) is 68.6 cm³/mol. The molecule has 3 N–H and O–H groups in total. The van der Waals surface area contributed by atoms with Gasteiger partial charge in [-0.15, -0.1) is 0 Å². The third-order valence-corrected chi connectivity index (χ3v) is 3.51. The second-order valence-corrected chi connectivity index (χ2v) is 5.02. The van der Waals surface area contributed by atoms with E-state index in [9.17, 15) is 0 Å². The second-order valence-electron chi connectivity index (χ2n) is 5.02. The molecule has 1 aromatic rings. The van der Waals surface area contributed by atoms with Crippen LogP contribution in [0.5, 0.6) is 0 Å². The van der Waals surface area contributed by atoms with E-state index in [4.69, 9.17) is 5.73 Å². The Morgan fingerprint density at radius 2 is 1.81 bits per heavy atom. The van der Waals surface area contributed by atoms with Crippen LogP contribution in [0.25, 0.3) is 0 Å². The van der Waals surface area contributed by atoms with Gasteiger partial charge in [-0.25, -0.2) is 0 Å². The molecule has 1 aliphatic carbocycles. The minimum absolute atomic E-state index is 0.326. The van der Waals surface area contributed by atoms with Crippen molar-refractivity contribution >= 4 is 0 Å². The molecule has 0 aromatic heterocycles. The summed E-state index contributed by atoms with van der Waals surface area (Å²) in [7, 11) is 0. The van der Waals surface area contributed by atoms with Crippen LogP contribution >= 0.6 is 0 Å². The van der Waals surface area contributed by atoms with Gasteiger partial charge in [0, 0.05) is 18.6 Å². The van der Waals surface area contributed by atoms with Gasteiger partial charge in [-0.3, -0.25) is 0 Å². The zero-order valence-electron chi connectivity index (χ0n) is 10.5. The van der Waals surface area contributed by atoms with E-state index in [1.165, 1.54) is 35.1 Å². The van der Waals surface area contributed by atoms with Crippen molar-refractivity contribution in [2.45, 2.75) is 45.7 Å². The van der Waals surface area contributed by atoms with Crippen LogP contribution in [0, 0.1) is 20.8 Å². The highest BCUT2D eigenvalue weighted by molar-refractivity contribution is 5.38. The van der Waals surface area contributed by atoms with E-state index < -0.39 is 0 Å². The molecule has 2 rings (SSSR count). The molecule has 1 aliphatic rings. The Morgan fingerprint density at radius 1 is 1.19 bits per heavy atom.